The first-order chi connectivity index (χ1) is 15.5. The zero-order valence-electron chi connectivity index (χ0n) is 18.4. The number of amides is 2. The molecule has 2 aromatic rings. The van der Waals surface area contributed by atoms with Gasteiger partial charge in [-0.3, -0.25) is 29.5 Å². The lowest BCUT2D eigenvalue weighted by atomic mass is 10.1. The van der Waals surface area contributed by atoms with Crippen LogP contribution in [0.3, 0.4) is 0 Å². The number of imide groups is 1. The maximum absolute atomic E-state index is 12.3. The number of benzene rings is 2. The first-order valence-corrected chi connectivity index (χ1v) is 10.9. The molecule has 0 saturated carbocycles. The SMILES string of the molecule is CN(CCOCCCCCCN1C(=O)c2ccccc2C1=O)Cc1cccc([N+](=O)[O-])c1. The third-order valence-electron chi connectivity index (χ3n) is 5.49. The van der Waals surface area contributed by atoms with Crippen LogP contribution in [-0.4, -0.2) is 59.9 Å². The zero-order chi connectivity index (χ0) is 22.9. The second-order valence-electron chi connectivity index (χ2n) is 8.00. The number of nitro groups is 1. The lowest BCUT2D eigenvalue weighted by Crippen LogP contribution is -2.30. The summed E-state index contributed by atoms with van der Waals surface area (Å²) in [5, 5.41) is 10.9. The molecule has 1 heterocycles. The summed E-state index contributed by atoms with van der Waals surface area (Å²) < 4.78 is 5.69. The molecule has 170 valence electrons. The number of nitrogens with zero attached hydrogens (tertiary/aromatic N) is 3. The van der Waals surface area contributed by atoms with E-state index in [2.05, 4.69) is 4.90 Å². The van der Waals surface area contributed by atoms with Gasteiger partial charge in [0.1, 0.15) is 0 Å². The molecular weight excluding hydrogens is 410 g/mol. The van der Waals surface area contributed by atoms with Crippen molar-refractivity contribution in [1.29, 1.82) is 0 Å². The number of carbonyl (C=O) groups excluding carboxylic acids is 2. The lowest BCUT2D eigenvalue weighted by molar-refractivity contribution is -0.384. The predicted molar refractivity (Wildman–Crippen MR) is 121 cm³/mol. The molecule has 8 heteroatoms. The zero-order valence-corrected chi connectivity index (χ0v) is 18.4. The molecule has 0 aliphatic carbocycles. The van der Waals surface area contributed by atoms with Crippen molar-refractivity contribution in [3.63, 3.8) is 0 Å². The van der Waals surface area contributed by atoms with Crippen LogP contribution in [0.25, 0.3) is 0 Å². The molecule has 0 bridgehead atoms. The highest BCUT2D eigenvalue weighted by molar-refractivity contribution is 6.21. The monoisotopic (exact) mass is 439 g/mol. The van der Waals surface area contributed by atoms with Crippen LogP contribution in [0.15, 0.2) is 48.5 Å². The van der Waals surface area contributed by atoms with Gasteiger partial charge in [0.05, 0.1) is 22.7 Å². The van der Waals surface area contributed by atoms with Crippen molar-refractivity contribution in [3.8, 4) is 0 Å². The van der Waals surface area contributed by atoms with E-state index in [0.717, 1.165) is 37.8 Å². The Kier molecular flexibility index (Phi) is 8.47. The van der Waals surface area contributed by atoms with Crippen LogP contribution in [0.4, 0.5) is 5.69 Å². The van der Waals surface area contributed by atoms with E-state index in [1.807, 2.05) is 13.1 Å². The maximum atomic E-state index is 12.3. The second kappa shape index (κ2) is 11.5. The maximum Gasteiger partial charge on any atom is 0.269 e. The first-order valence-electron chi connectivity index (χ1n) is 10.9. The minimum atomic E-state index is -0.382. The van der Waals surface area contributed by atoms with E-state index in [0.29, 0.717) is 37.4 Å². The van der Waals surface area contributed by atoms with Gasteiger partial charge in [0.15, 0.2) is 0 Å². The number of likely N-dealkylation sites (N-methyl/N-ethyl adjacent to an activating group) is 1. The summed E-state index contributed by atoms with van der Waals surface area (Å²) in [5.74, 6) is -0.383. The number of non-ortho nitro benzene ring substituents is 1. The van der Waals surface area contributed by atoms with Crippen molar-refractivity contribution in [2.45, 2.75) is 32.2 Å². The number of unbranched alkanes of at least 4 members (excludes halogenated alkanes) is 3. The van der Waals surface area contributed by atoms with Gasteiger partial charge in [0, 0.05) is 38.4 Å². The minimum absolute atomic E-state index is 0.107. The van der Waals surface area contributed by atoms with Crippen LogP contribution in [0, 0.1) is 10.1 Å². The highest BCUT2D eigenvalue weighted by atomic mass is 16.6. The van der Waals surface area contributed by atoms with E-state index in [-0.39, 0.29) is 22.4 Å². The molecule has 1 aliphatic heterocycles. The molecular formula is C24H29N3O5. The summed E-state index contributed by atoms with van der Waals surface area (Å²) >= 11 is 0. The van der Waals surface area contributed by atoms with E-state index in [1.165, 1.54) is 11.0 Å². The van der Waals surface area contributed by atoms with Gasteiger partial charge in [-0.1, -0.05) is 37.1 Å². The van der Waals surface area contributed by atoms with E-state index < -0.39 is 0 Å². The molecule has 3 rings (SSSR count). The molecule has 0 spiro atoms. The van der Waals surface area contributed by atoms with E-state index >= 15 is 0 Å². The highest BCUT2D eigenvalue weighted by Crippen LogP contribution is 2.22. The van der Waals surface area contributed by atoms with Crippen molar-refractivity contribution >= 4 is 17.5 Å². The van der Waals surface area contributed by atoms with E-state index in [1.54, 1.807) is 36.4 Å². The first kappa shape index (κ1) is 23.6. The number of hydrogen-bond acceptors (Lipinski definition) is 6. The standard InChI is InChI=1S/C24H29N3O5/c1-25(18-19-9-8-10-20(17-19)27(30)31)14-16-32-15-7-3-2-6-13-26-23(28)21-11-4-5-12-22(21)24(26)29/h4-5,8-12,17H,2-3,6-7,13-16,18H2,1H3. The average Bonchev–Trinajstić information content (AvgIpc) is 3.03. The minimum Gasteiger partial charge on any atom is -0.380 e. The highest BCUT2D eigenvalue weighted by Gasteiger charge is 2.34. The Morgan fingerprint density at radius 2 is 1.62 bits per heavy atom. The van der Waals surface area contributed by atoms with Crippen LogP contribution in [0.5, 0.6) is 0 Å². The number of rotatable bonds is 13. The third kappa shape index (κ3) is 6.21. The summed E-state index contributed by atoms with van der Waals surface area (Å²) in [4.78, 5) is 38.5. The van der Waals surface area contributed by atoms with Crippen molar-refractivity contribution < 1.29 is 19.2 Å². The predicted octanol–water partition coefficient (Wildman–Crippen LogP) is 3.90. The molecule has 0 N–H and O–H groups in total. The molecule has 1 aliphatic rings. The Balaban J connectivity index is 1.23. The summed E-state index contributed by atoms with van der Waals surface area (Å²) in [6.45, 7) is 3.08. The Morgan fingerprint density at radius 1 is 0.938 bits per heavy atom. The fraction of sp³-hybridized carbons (Fsp3) is 0.417. The Labute approximate surface area is 187 Å². The van der Waals surface area contributed by atoms with Crippen LogP contribution in [-0.2, 0) is 11.3 Å². The molecule has 2 aromatic carbocycles. The van der Waals surface area contributed by atoms with Gasteiger partial charge >= 0.3 is 0 Å². The quantitative estimate of drug-likeness (QED) is 0.203. The van der Waals surface area contributed by atoms with Gasteiger partial charge in [-0.2, -0.15) is 0 Å². The molecule has 0 radical (unpaired) electrons. The topological polar surface area (TPSA) is 93.0 Å². The molecule has 2 amide bonds. The third-order valence-corrected chi connectivity index (χ3v) is 5.49. The molecule has 0 atom stereocenters. The number of ether oxygens (including phenoxy) is 1. The summed E-state index contributed by atoms with van der Waals surface area (Å²) in [5.41, 5.74) is 2.01. The van der Waals surface area contributed by atoms with Crippen molar-refractivity contribution in [2.24, 2.45) is 0 Å². The van der Waals surface area contributed by atoms with Crippen LogP contribution < -0.4 is 0 Å². The van der Waals surface area contributed by atoms with E-state index in [9.17, 15) is 19.7 Å². The van der Waals surface area contributed by atoms with Gasteiger partial charge in [-0.05, 0) is 37.6 Å². The number of carbonyl (C=O) groups is 2. The molecule has 0 aromatic heterocycles. The van der Waals surface area contributed by atoms with Crippen LogP contribution in [0.2, 0.25) is 0 Å². The summed E-state index contributed by atoms with van der Waals surface area (Å²) in [7, 11) is 1.96. The molecule has 32 heavy (non-hydrogen) atoms. The number of hydrogen-bond donors (Lipinski definition) is 0. The Hall–Kier alpha value is -3.10. The van der Waals surface area contributed by atoms with Gasteiger partial charge in [0.25, 0.3) is 17.5 Å². The molecule has 0 saturated heterocycles. The van der Waals surface area contributed by atoms with Crippen LogP contribution in [0.1, 0.15) is 52.0 Å². The fourth-order valence-corrected chi connectivity index (χ4v) is 3.75. The van der Waals surface area contributed by atoms with Gasteiger partial charge < -0.3 is 4.74 Å². The average molecular weight is 440 g/mol. The largest absolute Gasteiger partial charge is 0.380 e. The normalized spacial score (nSPS) is 13.1. The van der Waals surface area contributed by atoms with Gasteiger partial charge in [-0.15, -0.1) is 0 Å². The van der Waals surface area contributed by atoms with Crippen molar-refractivity contribution in [2.75, 3.05) is 33.4 Å². The Morgan fingerprint density at radius 3 is 2.31 bits per heavy atom. The number of nitro benzene ring substituents is 1. The van der Waals surface area contributed by atoms with Crippen LogP contribution >= 0.6 is 0 Å². The van der Waals surface area contributed by atoms with Gasteiger partial charge in [0.2, 0.25) is 0 Å². The summed E-state index contributed by atoms with van der Waals surface area (Å²) in [6, 6.07) is 13.6. The fourth-order valence-electron chi connectivity index (χ4n) is 3.75. The summed E-state index contributed by atoms with van der Waals surface area (Å²) in [6.07, 6.45) is 3.63. The van der Waals surface area contributed by atoms with Gasteiger partial charge in [-0.25, -0.2) is 0 Å². The molecule has 0 fully saturated rings. The molecule has 0 unspecified atom stereocenters. The molecule has 8 nitrogen and oxygen atoms in total. The van der Waals surface area contributed by atoms with E-state index in [4.69, 9.17) is 4.74 Å². The number of fused-ring (bicyclic) bond motifs is 1. The lowest BCUT2D eigenvalue weighted by Gasteiger charge is -2.16. The van der Waals surface area contributed by atoms with Crippen molar-refractivity contribution in [1.82, 2.24) is 9.80 Å². The van der Waals surface area contributed by atoms with Crippen molar-refractivity contribution in [3.05, 3.63) is 75.3 Å². The second-order valence-corrected chi connectivity index (χ2v) is 8.00. The Bertz CT molecular complexity index is 927. The smallest absolute Gasteiger partial charge is 0.269 e.